The van der Waals surface area contributed by atoms with Crippen LogP contribution in [0.4, 0.5) is 0 Å². The zero-order valence-corrected chi connectivity index (χ0v) is 9.13. The van der Waals surface area contributed by atoms with Gasteiger partial charge in [-0.05, 0) is 45.2 Å². The van der Waals surface area contributed by atoms with Crippen molar-refractivity contribution < 1.29 is 0 Å². The maximum atomic E-state index is 5.88. The molecule has 2 heteroatoms. The van der Waals surface area contributed by atoms with Crippen molar-refractivity contribution in [2.45, 2.75) is 45.1 Å². The molecule has 0 aromatic carbocycles. The third kappa shape index (κ3) is 4.10. The van der Waals surface area contributed by atoms with Crippen LogP contribution in [-0.4, -0.2) is 31.1 Å². The van der Waals surface area contributed by atoms with Crippen molar-refractivity contribution in [3.63, 3.8) is 0 Å². The minimum Gasteiger partial charge on any atom is -0.328 e. The van der Waals surface area contributed by atoms with Gasteiger partial charge < -0.3 is 10.6 Å². The van der Waals surface area contributed by atoms with Crippen molar-refractivity contribution in [3.8, 4) is 0 Å². The summed E-state index contributed by atoms with van der Waals surface area (Å²) >= 11 is 0. The Hall–Kier alpha value is -0.0800. The fraction of sp³-hybridized carbons (Fsp3) is 1.00. The normalized spacial score (nSPS) is 28.6. The van der Waals surface area contributed by atoms with E-state index in [1.165, 1.54) is 45.2 Å². The lowest BCUT2D eigenvalue weighted by molar-refractivity contribution is 0.273. The van der Waals surface area contributed by atoms with Gasteiger partial charge in [-0.15, -0.1) is 0 Å². The first-order valence-corrected chi connectivity index (χ1v) is 5.66. The van der Waals surface area contributed by atoms with Gasteiger partial charge in [0, 0.05) is 12.6 Å². The fourth-order valence-corrected chi connectivity index (χ4v) is 2.24. The second-order valence-corrected chi connectivity index (χ2v) is 4.55. The van der Waals surface area contributed by atoms with Crippen LogP contribution in [0.1, 0.15) is 39.0 Å². The highest BCUT2D eigenvalue weighted by Gasteiger charge is 2.22. The van der Waals surface area contributed by atoms with E-state index in [1.807, 2.05) is 0 Å². The van der Waals surface area contributed by atoms with Gasteiger partial charge in [-0.3, -0.25) is 0 Å². The first kappa shape index (κ1) is 11.0. The minimum atomic E-state index is 0.490. The van der Waals surface area contributed by atoms with Gasteiger partial charge in [0.2, 0.25) is 0 Å². The molecular weight excluding hydrogens is 160 g/mol. The maximum absolute atomic E-state index is 5.88. The summed E-state index contributed by atoms with van der Waals surface area (Å²) in [5.74, 6) is 0.872. The van der Waals surface area contributed by atoms with Crippen LogP contribution >= 0.6 is 0 Å². The van der Waals surface area contributed by atoms with Crippen LogP contribution in [0.25, 0.3) is 0 Å². The first-order valence-electron chi connectivity index (χ1n) is 5.66. The van der Waals surface area contributed by atoms with Crippen LogP contribution in [0, 0.1) is 5.92 Å². The molecule has 1 aliphatic rings. The predicted octanol–water partition coefficient (Wildman–Crippen LogP) is 1.85. The summed E-state index contributed by atoms with van der Waals surface area (Å²) in [5, 5.41) is 0. The largest absolute Gasteiger partial charge is 0.328 e. The standard InChI is InChI=1S/C11H24N2/c1-3-4-7-13(2)9-10-5-6-11(12)8-10/h10-11H,3-9,12H2,1-2H3. The molecule has 0 aliphatic heterocycles. The topological polar surface area (TPSA) is 29.3 Å². The van der Waals surface area contributed by atoms with Crippen molar-refractivity contribution in [1.29, 1.82) is 0 Å². The number of hydrogen-bond donors (Lipinski definition) is 1. The van der Waals surface area contributed by atoms with Crippen LogP contribution in [0.3, 0.4) is 0 Å². The molecule has 0 aromatic rings. The van der Waals surface area contributed by atoms with Gasteiger partial charge in [-0.1, -0.05) is 13.3 Å². The highest BCUT2D eigenvalue weighted by atomic mass is 15.1. The van der Waals surface area contributed by atoms with E-state index in [-0.39, 0.29) is 0 Å². The van der Waals surface area contributed by atoms with E-state index in [0.717, 1.165) is 5.92 Å². The molecule has 0 saturated heterocycles. The summed E-state index contributed by atoms with van der Waals surface area (Å²) in [6, 6.07) is 0.490. The van der Waals surface area contributed by atoms with Gasteiger partial charge in [0.15, 0.2) is 0 Å². The molecule has 2 nitrogen and oxygen atoms in total. The molecule has 0 spiro atoms. The van der Waals surface area contributed by atoms with E-state index >= 15 is 0 Å². The second-order valence-electron chi connectivity index (χ2n) is 4.55. The molecule has 1 fully saturated rings. The van der Waals surface area contributed by atoms with Crippen molar-refractivity contribution in [1.82, 2.24) is 4.90 Å². The number of nitrogens with two attached hydrogens (primary N) is 1. The maximum Gasteiger partial charge on any atom is 0.00420 e. The van der Waals surface area contributed by atoms with Crippen LogP contribution in [0.2, 0.25) is 0 Å². The molecule has 1 rings (SSSR count). The molecule has 1 saturated carbocycles. The summed E-state index contributed by atoms with van der Waals surface area (Å²) in [7, 11) is 2.24. The van der Waals surface area contributed by atoms with E-state index < -0.39 is 0 Å². The van der Waals surface area contributed by atoms with Crippen LogP contribution in [0.15, 0.2) is 0 Å². The number of nitrogens with zero attached hydrogens (tertiary/aromatic N) is 1. The Morgan fingerprint density at radius 2 is 2.15 bits per heavy atom. The molecule has 0 heterocycles. The SMILES string of the molecule is CCCCN(C)CC1CCC(N)C1. The van der Waals surface area contributed by atoms with Gasteiger partial charge in [-0.25, -0.2) is 0 Å². The van der Waals surface area contributed by atoms with Gasteiger partial charge in [0.25, 0.3) is 0 Å². The monoisotopic (exact) mass is 184 g/mol. The van der Waals surface area contributed by atoms with Gasteiger partial charge in [0.05, 0.1) is 0 Å². The zero-order valence-electron chi connectivity index (χ0n) is 9.13. The molecule has 0 aromatic heterocycles. The molecule has 2 N–H and O–H groups in total. The van der Waals surface area contributed by atoms with E-state index in [1.54, 1.807) is 0 Å². The van der Waals surface area contributed by atoms with Crippen molar-refractivity contribution >= 4 is 0 Å². The first-order chi connectivity index (χ1) is 6.22. The fourth-order valence-electron chi connectivity index (χ4n) is 2.24. The van der Waals surface area contributed by atoms with Gasteiger partial charge >= 0.3 is 0 Å². The highest BCUT2D eigenvalue weighted by Crippen LogP contribution is 2.24. The smallest absolute Gasteiger partial charge is 0.00420 e. The molecule has 1 aliphatic carbocycles. The van der Waals surface area contributed by atoms with Crippen LogP contribution in [0.5, 0.6) is 0 Å². The quantitative estimate of drug-likeness (QED) is 0.706. The number of rotatable bonds is 5. The molecule has 2 atom stereocenters. The number of unbranched alkanes of at least 4 members (excludes halogenated alkanes) is 1. The summed E-state index contributed by atoms with van der Waals surface area (Å²) in [4.78, 5) is 2.46. The van der Waals surface area contributed by atoms with E-state index in [0.29, 0.717) is 6.04 Å². The number of hydrogen-bond acceptors (Lipinski definition) is 2. The minimum absolute atomic E-state index is 0.490. The van der Waals surface area contributed by atoms with Gasteiger partial charge in [0.1, 0.15) is 0 Å². The zero-order chi connectivity index (χ0) is 9.68. The second kappa shape index (κ2) is 5.61. The lowest BCUT2D eigenvalue weighted by Crippen LogP contribution is -2.26. The molecule has 13 heavy (non-hydrogen) atoms. The average Bonchev–Trinajstić information content (AvgIpc) is 2.48. The Morgan fingerprint density at radius 1 is 1.38 bits per heavy atom. The Morgan fingerprint density at radius 3 is 2.69 bits per heavy atom. The van der Waals surface area contributed by atoms with E-state index in [2.05, 4.69) is 18.9 Å². The van der Waals surface area contributed by atoms with Crippen LogP contribution in [-0.2, 0) is 0 Å². The highest BCUT2D eigenvalue weighted by molar-refractivity contribution is 4.79. The summed E-state index contributed by atoms with van der Waals surface area (Å²) in [6.07, 6.45) is 6.46. The predicted molar refractivity (Wildman–Crippen MR) is 57.7 cm³/mol. The Labute approximate surface area is 82.5 Å². The molecule has 2 unspecified atom stereocenters. The molecular formula is C11H24N2. The molecule has 0 bridgehead atoms. The third-order valence-corrected chi connectivity index (χ3v) is 3.05. The lowest BCUT2D eigenvalue weighted by atomic mass is 10.1. The Balaban J connectivity index is 2.09. The Bertz CT molecular complexity index is 136. The summed E-state index contributed by atoms with van der Waals surface area (Å²) in [5.41, 5.74) is 5.88. The third-order valence-electron chi connectivity index (χ3n) is 3.05. The van der Waals surface area contributed by atoms with E-state index in [9.17, 15) is 0 Å². The van der Waals surface area contributed by atoms with Crippen molar-refractivity contribution in [2.75, 3.05) is 20.1 Å². The van der Waals surface area contributed by atoms with Crippen molar-refractivity contribution in [2.24, 2.45) is 11.7 Å². The van der Waals surface area contributed by atoms with E-state index in [4.69, 9.17) is 5.73 Å². The lowest BCUT2D eigenvalue weighted by Gasteiger charge is -2.20. The summed E-state index contributed by atoms with van der Waals surface area (Å²) < 4.78 is 0. The molecule has 0 amide bonds. The van der Waals surface area contributed by atoms with Crippen molar-refractivity contribution in [3.05, 3.63) is 0 Å². The van der Waals surface area contributed by atoms with Gasteiger partial charge in [-0.2, -0.15) is 0 Å². The molecule has 0 radical (unpaired) electrons. The van der Waals surface area contributed by atoms with Crippen LogP contribution < -0.4 is 5.73 Å². The summed E-state index contributed by atoms with van der Waals surface area (Å²) in [6.45, 7) is 4.76. The Kier molecular flexibility index (Phi) is 4.74. The average molecular weight is 184 g/mol. The molecule has 78 valence electrons.